The van der Waals surface area contributed by atoms with Crippen molar-refractivity contribution in [3.63, 3.8) is 0 Å². The van der Waals surface area contributed by atoms with E-state index in [1.165, 1.54) is 17.3 Å². The summed E-state index contributed by atoms with van der Waals surface area (Å²) in [6.07, 6.45) is 1.76. The van der Waals surface area contributed by atoms with Crippen molar-refractivity contribution in [3.05, 3.63) is 40.7 Å². The molecule has 0 aliphatic heterocycles. The Kier molecular flexibility index (Phi) is 5.74. The van der Waals surface area contributed by atoms with Crippen molar-refractivity contribution in [1.29, 1.82) is 0 Å². The fraction of sp³-hybridized carbons (Fsp3) is 0.438. The van der Waals surface area contributed by atoms with Gasteiger partial charge in [-0.25, -0.2) is 0 Å². The van der Waals surface area contributed by atoms with E-state index in [4.69, 9.17) is 5.11 Å². The Morgan fingerprint density at radius 1 is 1.27 bits per heavy atom. The summed E-state index contributed by atoms with van der Waals surface area (Å²) in [5.41, 5.74) is 3.06. The number of thioether (sulfide) groups is 1. The fourth-order valence-corrected chi connectivity index (χ4v) is 3.04. The van der Waals surface area contributed by atoms with Gasteiger partial charge in [0.05, 0.1) is 5.75 Å². The van der Waals surface area contributed by atoms with Crippen LogP contribution < -0.4 is 0 Å². The summed E-state index contributed by atoms with van der Waals surface area (Å²) in [7, 11) is 1.79. The Morgan fingerprint density at radius 3 is 2.64 bits per heavy atom. The molecule has 0 bridgehead atoms. The van der Waals surface area contributed by atoms with E-state index in [0.29, 0.717) is 16.7 Å². The van der Waals surface area contributed by atoms with Crippen LogP contribution in [0.1, 0.15) is 41.2 Å². The zero-order valence-corrected chi connectivity index (χ0v) is 14.0. The molecule has 0 amide bonds. The minimum atomic E-state index is -0.156. The second-order valence-electron chi connectivity index (χ2n) is 5.03. The maximum absolute atomic E-state index is 12.5. The highest BCUT2D eigenvalue weighted by molar-refractivity contribution is 7.99. The molecule has 2 aromatic rings. The first-order valence-electron chi connectivity index (χ1n) is 7.37. The van der Waals surface area contributed by atoms with E-state index in [9.17, 15) is 4.79 Å². The summed E-state index contributed by atoms with van der Waals surface area (Å²) >= 11 is 1.35. The van der Waals surface area contributed by atoms with Crippen molar-refractivity contribution in [3.8, 4) is 0 Å². The van der Waals surface area contributed by atoms with Crippen LogP contribution in [0.4, 0.5) is 0 Å². The van der Waals surface area contributed by atoms with Gasteiger partial charge in [-0.3, -0.25) is 4.79 Å². The molecule has 0 saturated heterocycles. The summed E-state index contributed by atoms with van der Waals surface area (Å²) < 4.78 is 1.71. The van der Waals surface area contributed by atoms with Crippen molar-refractivity contribution in [2.75, 3.05) is 5.75 Å². The highest BCUT2D eigenvalue weighted by Gasteiger charge is 2.14. The topological polar surface area (TPSA) is 68.0 Å². The number of benzene rings is 1. The quantitative estimate of drug-likeness (QED) is 0.627. The molecule has 0 atom stereocenters. The molecule has 6 heteroatoms. The Balaban J connectivity index is 2.13. The summed E-state index contributed by atoms with van der Waals surface area (Å²) in [6.45, 7) is 3.98. The minimum absolute atomic E-state index is 0.102. The lowest BCUT2D eigenvalue weighted by molar-refractivity contribution is 0.102. The Morgan fingerprint density at radius 2 is 2.05 bits per heavy atom. The van der Waals surface area contributed by atoms with Crippen LogP contribution >= 0.6 is 11.8 Å². The zero-order valence-electron chi connectivity index (χ0n) is 13.2. The van der Waals surface area contributed by atoms with Gasteiger partial charge in [-0.1, -0.05) is 37.7 Å². The van der Waals surface area contributed by atoms with E-state index in [1.54, 1.807) is 11.6 Å². The van der Waals surface area contributed by atoms with Gasteiger partial charge >= 0.3 is 0 Å². The SMILES string of the molecule is CCc1ccc(CC)c(C(=O)CSc2nnc(CO)n2C)c1. The molecule has 0 radical (unpaired) electrons. The minimum Gasteiger partial charge on any atom is -0.388 e. The summed E-state index contributed by atoms with van der Waals surface area (Å²) in [4.78, 5) is 12.5. The van der Waals surface area contributed by atoms with E-state index in [1.807, 2.05) is 12.1 Å². The number of rotatable bonds is 7. The normalized spacial score (nSPS) is 10.9. The molecule has 1 aromatic carbocycles. The van der Waals surface area contributed by atoms with Gasteiger partial charge in [0.25, 0.3) is 0 Å². The number of aryl methyl sites for hydroxylation is 2. The van der Waals surface area contributed by atoms with Crippen molar-refractivity contribution < 1.29 is 9.90 Å². The fourth-order valence-electron chi connectivity index (χ4n) is 2.23. The Hall–Kier alpha value is -1.66. The number of nitrogens with zero attached hydrogens (tertiary/aromatic N) is 3. The molecule has 0 spiro atoms. The lowest BCUT2D eigenvalue weighted by Gasteiger charge is -2.09. The number of aliphatic hydroxyl groups excluding tert-OH is 1. The maximum atomic E-state index is 12.5. The number of aromatic nitrogens is 3. The number of hydrogen-bond acceptors (Lipinski definition) is 5. The largest absolute Gasteiger partial charge is 0.388 e. The number of carbonyl (C=O) groups excluding carboxylic acids is 1. The van der Waals surface area contributed by atoms with Gasteiger partial charge < -0.3 is 9.67 Å². The van der Waals surface area contributed by atoms with Crippen LogP contribution in [0.3, 0.4) is 0 Å². The molecule has 0 fully saturated rings. The number of Topliss-reactive ketones (excluding diaryl/α,β-unsaturated/α-hetero) is 1. The molecule has 118 valence electrons. The molecule has 0 aliphatic rings. The third kappa shape index (κ3) is 3.56. The molecular weight excluding hydrogens is 298 g/mol. The van der Waals surface area contributed by atoms with Crippen LogP contribution in [0.5, 0.6) is 0 Å². The predicted octanol–water partition coefficient (Wildman–Crippen LogP) is 2.41. The van der Waals surface area contributed by atoms with Crippen LogP contribution in [0.2, 0.25) is 0 Å². The van der Waals surface area contributed by atoms with E-state index in [2.05, 4.69) is 30.1 Å². The van der Waals surface area contributed by atoms with Gasteiger partial charge in [-0.15, -0.1) is 10.2 Å². The molecule has 1 aromatic heterocycles. The average Bonchev–Trinajstić information content (AvgIpc) is 2.91. The molecule has 1 heterocycles. The van der Waals surface area contributed by atoms with Gasteiger partial charge in [0, 0.05) is 12.6 Å². The third-order valence-corrected chi connectivity index (χ3v) is 4.68. The van der Waals surface area contributed by atoms with E-state index in [-0.39, 0.29) is 12.4 Å². The summed E-state index contributed by atoms with van der Waals surface area (Å²) in [5.74, 6) is 0.917. The van der Waals surface area contributed by atoms with Gasteiger partial charge in [0.15, 0.2) is 16.8 Å². The highest BCUT2D eigenvalue weighted by Crippen LogP contribution is 2.20. The average molecular weight is 319 g/mol. The maximum Gasteiger partial charge on any atom is 0.191 e. The van der Waals surface area contributed by atoms with Crippen LogP contribution in [0.15, 0.2) is 23.4 Å². The molecule has 2 rings (SSSR count). The monoisotopic (exact) mass is 319 g/mol. The smallest absolute Gasteiger partial charge is 0.191 e. The number of carbonyl (C=O) groups is 1. The van der Waals surface area contributed by atoms with Crippen LogP contribution in [-0.4, -0.2) is 31.4 Å². The second kappa shape index (κ2) is 7.56. The van der Waals surface area contributed by atoms with Gasteiger partial charge in [-0.2, -0.15) is 0 Å². The summed E-state index contributed by atoms with van der Waals surface area (Å²) in [5, 5.41) is 17.6. The van der Waals surface area contributed by atoms with Gasteiger partial charge in [0.2, 0.25) is 0 Å². The second-order valence-corrected chi connectivity index (χ2v) is 5.97. The van der Waals surface area contributed by atoms with Crippen molar-refractivity contribution >= 4 is 17.5 Å². The molecule has 0 unspecified atom stereocenters. The lowest BCUT2D eigenvalue weighted by Crippen LogP contribution is -2.08. The number of aliphatic hydroxyl groups is 1. The van der Waals surface area contributed by atoms with E-state index < -0.39 is 0 Å². The van der Waals surface area contributed by atoms with E-state index in [0.717, 1.165) is 24.0 Å². The third-order valence-electron chi connectivity index (χ3n) is 3.66. The van der Waals surface area contributed by atoms with Gasteiger partial charge in [-0.05, 0) is 30.0 Å². The number of ketones is 1. The van der Waals surface area contributed by atoms with Crippen molar-refractivity contribution in [2.24, 2.45) is 7.05 Å². The first kappa shape index (κ1) is 16.7. The first-order chi connectivity index (χ1) is 10.6. The van der Waals surface area contributed by atoms with Crippen molar-refractivity contribution in [1.82, 2.24) is 14.8 Å². The van der Waals surface area contributed by atoms with Crippen LogP contribution in [-0.2, 0) is 26.5 Å². The molecule has 0 aliphatic carbocycles. The van der Waals surface area contributed by atoms with Crippen LogP contribution in [0.25, 0.3) is 0 Å². The molecule has 1 N–H and O–H groups in total. The molecule has 5 nitrogen and oxygen atoms in total. The predicted molar refractivity (Wildman–Crippen MR) is 87.2 cm³/mol. The Bertz CT molecular complexity index is 667. The zero-order chi connectivity index (χ0) is 16.1. The molecule has 22 heavy (non-hydrogen) atoms. The van der Waals surface area contributed by atoms with Crippen molar-refractivity contribution in [2.45, 2.75) is 38.5 Å². The molecule has 0 saturated carbocycles. The summed E-state index contributed by atoms with van der Waals surface area (Å²) in [6, 6.07) is 6.12. The van der Waals surface area contributed by atoms with Crippen LogP contribution in [0, 0.1) is 0 Å². The van der Waals surface area contributed by atoms with Gasteiger partial charge in [0.1, 0.15) is 6.61 Å². The lowest BCUT2D eigenvalue weighted by atomic mass is 9.98. The highest BCUT2D eigenvalue weighted by atomic mass is 32.2. The first-order valence-corrected chi connectivity index (χ1v) is 8.36. The number of hydrogen-bond donors (Lipinski definition) is 1. The Labute approximate surface area is 134 Å². The van der Waals surface area contributed by atoms with E-state index >= 15 is 0 Å². The standard InChI is InChI=1S/C16H21N3O2S/c1-4-11-6-7-12(5-2)13(8-11)14(21)10-22-16-18-17-15(9-20)19(16)3/h6-8,20H,4-5,9-10H2,1-3H3. The molecular formula is C16H21N3O2S.